The minimum Gasteiger partial charge on any atom is -0.462 e. The maximum atomic E-state index is 12.7. The first kappa shape index (κ1) is 11.4. The van der Waals surface area contributed by atoms with Crippen LogP contribution < -0.4 is 0 Å². The third-order valence-corrected chi connectivity index (χ3v) is 1.64. The molecule has 0 spiro atoms. The van der Waals surface area contributed by atoms with E-state index in [-0.39, 0.29) is 12.6 Å². The van der Waals surface area contributed by atoms with E-state index in [0.29, 0.717) is 5.56 Å². The molecule has 1 rings (SSSR count). The molecule has 4 heteroatoms. The molecule has 1 aromatic carbocycles. The normalized spacial score (nSPS) is 10.6. The van der Waals surface area contributed by atoms with Crippen molar-refractivity contribution in [2.24, 2.45) is 0 Å². The molecule has 0 bridgehead atoms. The van der Waals surface area contributed by atoms with Gasteiger partial charge in [-0.1, -0.05) is 12.1 Å². The van der Waals surface area contributed by atoms with Crippen LogP contribution in [0, 0.1) is 11.6 Å². The molecular formula is C11H10F2O2. The zero-order chi connectivity index (χ0) is 11.3. The molecule has 80 valence electrons. The van der Waals surface area contributed by atoms with Crippen molar-refractivity contribution in [1.82, 2.24) is 0 Å². The van der Waals surface area contributed by atoms with Gasteiger partial charge in [0.15, 0.2) is 11.6 Å². The van der Waals surface area contributed by atoms with Crippen LogP contribution in [0.3, 0.4) is 0 Å². The highest BCUT2D eigenvalue weighted by molar-refractivity contribution is 5.66. The van der Waals surface area contributed by atoms with Crippen molar-refractivity contribution in [1.29, 1.82) is 0 Å². The lowest BCUT2D eigenvalue weighted by atomic mass is 10.2. The predicted octanol–water partition coefficient (Wildman–Crippen LogP) is 2.54. The molecule has 15 heavy (non-hydrogen) atoms. The largest absolute Gasteiger partial charge is 0.462 e. The molecular weight excluding hydrogens is 202 g/mol. The number of benzene rings is 1. The van der Waals surface area contributed by atoms with Gasteiger partial charge in [-0.25, -0.2) is 8.78 Å². The highest BCUT2D eigenvalue weighted by Crippen LogP contribution is 2.09. The predicted molar refractivity (Wildman–Crippen MR) is 52.0 cm³/mol. The van der Waals surface area contributed by atoms with Crippen LogP contribution in [0.4, 0.5) is 8.78 Å². The van der Waals surface area contributed by atoms with Crippen molar-refractivity contribution in [3.05, 3.63) is 41.5 Å². The van der Waals surface area contributed by atoms with E-state index in [2.05, 4.69) is 4.74 Å². The second-order valence-electron chi connectivity index (χ2n) is 2.88. The lowest BCUT2D eigenvalue weighted by Gasteiger charge is -1.96. The molecule has 1 aromatic rings. The van der Waals surface area contributed by atoms with Gasteiger partial charge in [-0.3, -0.25) is 4.79 Å². The topological polar surface area (TPSA) is 26.3 Å². The van der Waals surface area contributed by atoms with Crippen LogP contribution in [0.2, 0.25) is 0 Å². The molecule has 0 atom stereocenters. The van der Waals surface area contributed by atoms with Gasteiger partial charge in [0.25, 0.3) is 0 Å². The molecule has 0 saturated carbocycles. The maximum absolute atomic E-state index is 12.7. The number of esters is 1. The van der Waals surface area contributed by atoms with Crippen LogP contribution >= 0.6 is 0 Å². The van der Waals surface area contributed by atoms with Gasteiger partial charge in [-0.15, -0.1) is 0 Å². The van der Waals surface area contributed by atoms with Gasteiger partial charge >= 0.3 is 5.97 Å². The zero-order valence-electron chi connectivity index (χ0n) is 8.17. The third kappa shape index (κ3) is 3.89. The van der Waals surface area contributed by atoms with Gasteiger partial charge in [0.1, 0.15) is 6.61 Å². The Morgan fingerprint density at radius 1 is 1.40 bits per heavy atom. The SMILES string of the molecule is CC(=O)OC/C=C/c1ccc(F)c(F)c1. The zero-order valence-corrected chi connectivity index (χ0v) is 8.17. The van der Waals surface area contributed by atoms with E-state index in [1.54, 1.807) is 12.2 Å². The Kier molecular flexibility index (Phi) is 3.97. The van der Waals surface area contributed by atoms with Crippen LogP contribution in [-0.4, -0.2) is 12.6 Å². The lowest BCUT2D eigenvalue weighted by molar-refractivity contribution is -0.139. The molecule has 0 aromatic heterocycles. The Hall–Kier alpha value is -1.71. The molecule has 0 saturated heterocycles. The van der Waals surface area contributed by atoms with Crippen LogP contribution in [0.1, 0.15) is 12.5 Å². The monoisotopic (exact) mass is 212 g/mol. The summed E-state index contributed by atoms with van der Waals surface area (Å²) < 4.78 is 29.9. The molecule has 0 fully saturated rings. The van der Waals surface area contributed by atoms with Crippen LogP contribution in [-0.2, 0) is 9.53 Å². The average Bonchev–Trinajstić information content (AvgIpc) is 2.18. The second kappa shape index (κ2) is 5.24. The molecule has 0 aliphatic heterocycles. The number of hydrogen-bond donors (Lipinski definition) is 0. The fourth-order valence-corrected chi connectivity index (χ4v) is 0.966. The summed E-state index contributed by atoms with van der Waals surface area (Å²) >= 11 is 0. The molecule has 2 nitrogen and oxygen atoms in total. The molecule has 0 unspecified atom stereocenters. The van der Waals surface area contributed by atoms with Crippen LogP contribution in [0.5, 0.6) is 0 Å². The Bertz CT molecular complexity index is 386. The summed E-state index contributed by atoms with van der Waals surface area (Å²) in [7, 11) is 0. The molecule has 0 heterocycles. The molecule has 0 aliphatic carbocycles. The van der Waals surface area contributed by atoms with Crippen molar-refractivity contribution in [2.45, 2.75) is 6.92 Å². The second-order valence-corrected chi connectivity index (χ2v) is 2.88. The molecule has 0 radical (unpaired) electrons. The molecule has 0 amide bonds. The van der Waals surface area contributed by atoms with E-state index in [1.165, 1.54) is 13.0 Å². The minimum atomic E-state index is -0.898. The summed E-state index contributed by atoms with van der Waals surface area (Å²) in [5, 5.41) is 0. The first-order chi connectivity index (χ1) is 7.09. The van der Waals surface area contributed by atoms with E-state index >= 15 is 0 Å². The fourth-order valence-electron chi connectivity index (χ4n) is 0.966. The van der Waals surface area contributed by atoms with Crippen molar-refractivity contribution in [3.63, 3.8) is 0 Å². The fraction of sp³-hybridized carbons (Fsp3) is 0.182. The van der Waals surface area contributed by atoms with Gasteiger partial charge < -0.3 is 4.74 Å². The first-order valence-corrected chi connectivity index (χ1v) is 4.34. The Morgan fingerprint density at radius 2 is 2.13 bits per heavy atom. The average molecular weight is 212 g/mol. The maximum Gasteiger partial charge on any atom is 0.302 e. The summed E-state index contributed by atoms with van der Waals surface area (Å²) in [6, 6.07) is 3.54. The molecule has 0 aliphatic rings. The van der Waals surface area contributed by atoms with Crippen molar-refractivity contribution in [3.8, 4) is 0 Å². The Balaban J connectivity index is 2.57. The highest BCUT2D eigenvalue weighted by atomic mass is 19.2. The minimum absolute atomic E-state index is 0.119. The summed E-state index contributed by atoms with van der Waals surface area (Å²) in [5.74, 6) is -2.17. The standard InChI is InChI=1S/C11H10F2O2/c1-8(14)15-6-2-3-9-4-5-10(12)11(13)7-9/h2-5,7H,6H2,1H3/b3-2+. The number of halogens is 2. The van der Waals surface area contributed by atoms with Crippen LogP contribution in [0.15, 0.2) is 24.3 Å². The quantitative estimate of drug-likeness (QED) is 0.719. The van der Waals surface area contributed by atoms with Gasteiger partial charge in [0.05, 0.1) is 0 Å². The van der Waals surface area contributed by atoms with E-state index < -0.39 is 11.6 Å². The summed E-state index contributed by atoms with van der Waals surface area (Å²) in [6.07, 6.45) is 3.10. The van der Waals surface area contributed by atoms with Gasteiger partial charge in [-0.05, 0) is 23.8 Å². The number of ether oxygens (including phenoxy) is 1. The van der Waals surface area contributed by atoms with Crippen LogP contribution in [0.25, 0.3) is 6.08 Å². The lowest BCUT2D eigenvalue weighted by Crippen LogP contribution is -1.97. The van der Waals surface area contributed by atoms with Crippen molar-refractivity contribution in [2.75, 3.05) is 6.61 Å². The summed E-state index contributed by atoms with van der Waals surface area (Å²) in [4.78, 5) is 10.4. The summed E-state index contributed by atoms with van der Waals surface area (Å²) in [6.45, 7) is 1.42. The highest BCUT2D eigenvalue weighted by Gasteiger charge is 1.99. The van der Waals surface area contributed by atoms with Gasteiger partial charge in [0.2, 0.25) is 0 Å². The van der Waals surface area contributed by atoms with E-state index in [9.17, 15) is 13.6 Å². The number of carbonyl (C=O) groups excluding carboxylic acids is 1. The van der Waals surface area contributed by atoms with Crippen molar-refractivity contribution >= 4 is 12.0 Å². The Morgan fingerprint density at radius 3 is 2.73 bits per heavy atom. The van der Waals surface area contributed by atoms with E-state index in [1.807, 2.05) is 0 Å². The van der Waals surface area contributed by atoms with Crippen molar-refractivity contribution < 1.29 is 18.3 Å². The number of carbonyl (C=O) groups is 1. The summed E-state index contributed by atoms with van der Waals surface area (Å²) in [5.41, 5.74) is 0.515. The Labute approximate surface area is 86.2 Å². The van der Waals surface area contributed by atoms with E-state index in [4.69, 9.17) is 0 Å². The van der Waals surface area contributed by atoms with Gasteiger partial charge in [0, 0.05) is 6.92 Å². The smallest absolute Gasteiger partial charge is 0.302 e. The molecule has 0 N–H and O–H groups in total. The third-order valence-electron chi connectivity index (χ3n) is 1.64. The van der Waals surface area contributed by atoms with Gasteiger partial charge in [-0.2, -0.15) is 0 Å². The first-order valence-electron chi connectivity index (χ1n) is 4.34. The van der Waals surface area contributed by atoms with E-state index in [0.717, 1.165) is 12.1 Å². The number of rotatable bonds is 3. The number of hydrogen-bond acceptors (Lipinski definition) is 2.